The number of nitriles is 1. The number of amides is 1. The molecule has 3 aromatic rings. The number of thioether (sulfide) groups is 1. The quantitative estimate of drug-likeness (QED) is 0.158. The third-order valence-corrected chi connectivity index (χ3v) is 5.99. The lowest BCUT2D eigenvalue weighted by Crippen LogP contribution is -2.13. The Labute approximate surface area is 210 Å². The fourth-order valence-electron chi connectivity index (χ4n) is 2.69. The van der Waals surface area contributed by atoms with Crippen LogP contribution in [0.1, 0.15) is 12.5 Å². The van der Waals surface area contributed by atoms with Crippen LogP contribution in [0.5, 0.6) is 17.2 Å². The van der Waals surface area contributed by atoms with Crippen molar-refractivity contribution in [2.24, 2.45) is 0 Å². The first-order chi connectivity index (χ1) is 16.5. The Morgan fingerprint density at radius 1 is 1.21 bits per heavy atom. The van der Waals surface area contributed by atoms with Gasteiger partial charge in [-0.15, -0.1) is 0 Å². The van der Waals surface area contributed by atoms with Crippen molar-refractivity contribution < 1.29 is 19.0 Å². The van der Waals surface area contributed by atoms with Gasteiger partial charge in [0.05, 0.1) is 12.1 Å². The zero-order valence-electron chi connectivity index (χ0n) is 18.4. The van der Waals surface area contributed by atoms with Crippen LogP contribution in [0.25, 0.3) is 6.08 Å². The van der Waals surface area contributed by atoms with Crippen molar-refractivity contribution in [3.63, 3.8) is 0 Å². The Balaban J connectivity index is 1.62. The molecule has 176 valence electrons. The van der Waals surface area contributed by atoms with Crippen molar-refractivity contribution in [2.45, 2.75) is 12.1 Å². The average molecular weight is 517 g/mol. The largest absolute Gasteiger partial charge is 0.493 e. The second-order valence-electron chi connectivity index (χ2n) is 6.48. The first-order valence-electron chi connectivity index (χ1n) is 10.1. The second-order valence-corrected chi connectivity index (χ2v) is 8.87. The van der Waals surface area contributed by atoms with E-state index in [0.717, 1.165) is 17.3 Å². The monoisotopic (exact) mass is 516 g/mol. The lowest BCUT2D eigenvalue weighted by Gasteiger charge is -2.12. The van der Waals surface area contributed by atoms with Crippen molar-refractivity contribution in [3.05, 3.63) is 58.6 Å². The fraction of sp³-hybridized carbons (Fsp3) is 0.217. The van der Waals surface area contributed by atoms with Gasteiger partial charge in [0.1, 0.15) is 30.6 Å². The fourth-order valence-corrected chi connectivity index (χ4v) is 4.14. The number of para-hydroxylation sites is 1. The summed E-state index contributed by atoms with van der Waals surface area (Å²) >= 11 is 8.60. The third kappa shape index (κ3) is 7.12. The number of hydrogen-bond acceptors (Lipinski definition) is 9. The number of carbonyl (C=O) groups excluding carboxylic acids is 1. The Kier molecular flexibility index (Phi) is 9.58. The van der Waals surface area contributed by atoms with E-state index in [0.29, 0.717) is 38.1 Å². The molecule has 3 rings (SSSR count). The van der Waals surface area contributed by atoms with Crippen molar-refractivity contribution in [1.29, 1.82) is 5.26 Å². The summed E-state index contributed by atoms with van der Waals surface area (Å²) < 4.78 is 20.9. The van der Waals surface area contributed by atoms with E-state index in [1.54, 1.807) is 30.3 Å². The van der Waals surface area contributed by atoms with E-state index in [1.807, 2.05) is 25.1 Å². The van der Waals surface area contributed by atoms with Gasteiger partial charge >= 0.3 is 0 Å². The number of rotatable bonds is 11. The summed E-state index contributed by atoms with van der Waals surface area (Å²) in [6.45, 7) is 2.54. The number of hydrogen-bond donors (Lipinski definition) is 1. The number of nitrogens with zero attached hydrogens (tertiary/aromatic N) is 3. The Morgan fingerprint density at radius 3 is 2.68 bits per heavy atom. The van der Waals surface area contributed by atoms with Gasteiger partial charge in [0, 0.05) is 11.5 Å². The molecule has 1 aromatic heterocycles. The molecular weight excluding hydrogens is 496 g/mol. The normalized spacial score (nSPS) is 10.9. The molecule has 1 N–H and O–H groups in total. The molecule has 0 atom stereocenters. The minimum atomic E-state index is -0.567. The topological polar surface area (TPSA) is 106 Å². The molecule has 11 heteroatoms. The van der Waals surface area contributed by atoms with Gasteiger partial charge in [-0.25, -0.2) is 0 Å². The summed E-state index contributed by atoms with van der Waals surface area (Å²) in [6.07, 6.45) is 1.46. The van der Waals surface area contributed by atoms with Crippen LogP contribution in [-0.2, 0) is 4.79 Å². The Hall–Kier alpha value is -3.26. The maximum absolute atomic E-state index is 12.5. The van der Waals surface area contributed by atoms with E-state index >= 15 is 0 Å². The third-order valence-electron chi connectivity index (χ3n) is 4.20. The number of anilines is 1. The molecule has 0 saturated carbocycles. The molecule has 0 unspecified atom stereocenters. The average Bonchev–Trinajstić information content (AvgIpc) is 3.28. The van der Waals surface area contributed by atoms with Crippen LogP contribution in [0.3, 0.4) is 0 Å². The van der Waals surface area contributed by atoms with Gasteiger partial charge in [-0.1, -0.05) is 48.5 Å². The first-order valence-corrected chi connectivity index (χ1v) is 12.3. The van der Waals surface area contributed by atoms with E-state index in [-0.39, 0.29) is 18.8 Å². The van der Waals surface area contributed by atoms with Gasteiger partial charge in [-0.05, 0) is 41.7 Å². The molecule has 0 spiro atoms. The maximum Gasteiger partial charge on any atom is 0.268 e. The second kappa shape index (κ2) is 12.8. The van der Waals surface area contributed by atoms with Gasteiger partial charge in [0.25, 0.3) is 5.91 Å². The molecule has 0 aliphatic heterocycles. The van der Waals surface area contributed by atoms with E-state index in [4.69, 9.17) is 25.8 Å². The number of halogens is 1. The SMILES string of the molecule is CCSc1nsc(NC(=O)/C(C#N)=C\c2ccc(OCCOc3ccccc3Cl)c(OC)c2)n1. The molecular formula is C23H21ClN4O4S2. The summed E-state index contributed by atoms with van der Waals surface area (Å²) in [5.74, 6) is 1.79. The molecule has 8 nitrogen and oxygen atoms in total. The summed E-state index contributed by atoms with van der Waals surface area (Å²) in [5.41, 5.74) is 0.520. The van der Waals surface area contributed by atoms with Crippen LogP contribution in [0.4, 0.5) is 5.13 Å². The van der Waals surface area contributed by atoms with E-state index in [9.17, 15) is 10.1 Å². The number of nitrogens with one attached hydrogen (secondary N) is 1. The minimum Gasteiger partial charge on any atom is -0.493 e. The number of benzene rings is 2. The maximum atomic E-state index is 12.5. The summed E-state index contributed by atoms with van der Waals surface area (Å²) in [7, 11) is 1.51. The van der Waals surface area contributed by atoms with E-state index in [2.05, 4.69) is 14.7 Å². The minimum absolute atomic E-state index is 0.0799. The molecule has 1 heterocycles. The lowest BCUT2D eigenvalue weighted by atomic mass is 10.1. The highest BCUT2D eigenvalue weighted by Crippen LogP contribution is 2.29. The standard InChI is InChI=1S/C23H21ClN4O4S2/c1-3-33-23-27-22(34-28-23)26-21(29)16(14-25)12-15-8-9-19(20(13-15)30-2)32-11-10-31-18-7-5-4-6-17(18)24/h4-9,12-13H,3,10-11H2,1-2H3,(H,26,27,28,29)/b16-12-. The first kappa shape index (κ1) is 25.4. The van der Waals surface area contributed by atoms with Crippen LogP contribution in [-0.4, -0.2) is 41.3 Å². The molecule has 2 aromatic carbocycles. The van der Waals surface area contributed by atoms with Gasteiger partial charge < -0.3 is 14.2 Å². The van der Waals surface area contributed by atoms with Gasteiger partial charge in [0.15, 0.2) is 11.5 Å². The Bertz CT molecular complexity index is 1210. The van der Waals surface area contributed by atoms with Gasteiger partial charge in [-0.2, -0.15) is 14.6 Å². The molecule has 0 bridgehead atoms. The summed E-state index contributed by atoms with van der Waals surface area (Å²) in [5, 5.41) is 13.5. The highest BCUT2D eigenvalue weighted by Gasteiger charge is 2.14. The van der Waals surface area contributed by atoms with Crippen molar-refractivity contribution in [2.75, 3.05) is 31.4 Å². The van der Waals surface area contributed by atoms with Gasteiger partial charge in [0.2, 0.25) is 10.3 Å². The van der Waals surface area contributed by atoms with Gasteiger partial charge in [-0.3, -0.25) is 10.1 Å². The number of methoxy groups -OCH3 is 1. The van der Waals surface area contributed by atoms with Crippen LogP contribution in [0.15, 0.2) is 53.2 Å². The number of ether oxygens (including phenoxy) is 3. The van der Waals surface area contributed by atoms with Crippen LogP contribution in [0.2, 0.25) is 5.02 Å². The predicted molar refractivity (Wildman–Crippen MR) is 134 cm³/mol. The Morgan fingerprint density at radius 2 is 1.97 bits per heavy atom. The molecule has 0 saturated heterocycles. The molecule has 1 amide bonds. The van der Waals surface area contributed by atoms with Crippen molar-refractivity contribution >= 4 is 52.0 Å². The summed E-state index contributed by atoms with van der Waals surface area (Å²) in [4.78, 5) is 16.7. The van der Waals surface area contributed by atoms with Crippen molar-refractivity contribution in [3.8, 4) is 23.3 Å². The molecule has 0 aliphatic rings. The molecule has 0 radical (unpaired) electrons. The highest BCUT2D eigenvalue weighted by molar-refractivity contribution is 7.99. The summed E-state index contributed by atoms with van der Waals surface area (Å²) in [6, 6.07) is 14.2. The number of aromatic nitrogens is 2. The van der Waals surface area contributed by atoms with Crippen LogP contribution in [0, 0.1) is 11.3 Å². The van der Waals surface area contributed by atoms with Crippen molar-refractivity contribution in [1.82, 2.24) is 9.36 Å². The molecule has 0 aliphatic carbocycles. The zero-order valence-corrected chi connectivity index (χ0v) is 20.8. The van der Waals surface area contributed by atoms with E-state index in [1.165, 1.54) is 24.9 Å². The highest BCUT2D eigenvalue weighted by atomic mass is 35.5. The van der Waals surface area contributed by atoms with E-state index < -0.39 is 5.91 Å². The molecule has 0 fully saturated rings. The smallest absolute Gasteiger partial charge is 0.268 e. The number of carbonyl (C=O) groups is 1. The lowest BCUT2D eigenvalue weighted by molar-refractivity contribution is -0.112. The van der Waals surface area contributed by atoms with Crippen LogP contribution >= 0.6 is 34.9 Å². The van der Waals surface area contributed by atoms with Crippen LogP contribution < -0.4 is 19.5 Å². The predicted octanol–water partition coefficient (Wildman–Crippen LogP) is 5.32. The molecule has 34 heavy (non-hydrogen) atoms. The zero-order chi connectivity index (χ0) is 24.3.